The fourth-order valence-corrected chi connectivity index (χ4v) is 2.50. The van der Waals surface area contributed by atoms with Crippen molar-refractivity contribution in [2.24, 2.45) is 0 Å². The van der Waals surface area contributed by atoms with Gasteiger partial charge in [-0.25, -0.2) is 9.59 Å². The van der Waals surface area contributed by atoms with E-state index in [1.165, 1.54) is 0 Å². The minimum absolute atomic E-state index is 0.202. The molecule has 0 saturated heterocycles. The summed E-state index contributed by atoms with van der Waals surface area (Å²) in [6, 6.07) is 20.2. The summed E-state index contributed by atoms with van der Waals surface area (Å²) in [7, 11) is 0. The minimum Gasteiger partial charge on any atom is -0.508 e. The Labute approximate surface area is 174 Å². The third-order valence-electron chi connectivity index (χ3n) is 4.12. The number of benzene rings is 3. The predicted molar refractivity (Wildman–Crippen MR) is 111 cm³/mol. The molecule has 0 saturated carbocycles. The van der Waals surface area contributed by atoms with Crippen LogP contribution >= 0.6 is 0 Å². The second-order valence-electron chi connectivity index (χ2n) is 6.46. The third-order valence-corrected chi connectivity index (χ3v) is 4.12. The average molecular weight is 404 g/mol. The number of phenolic OH excluding ortho intramolecular Hbond substituents is 1. The highest BCUT2D eigenvalue weighted by Gasteiger charge is 2.10. The van der Waals surface area contributed by atoms with Crippen LogP contribution in [0, 0.1) is 0 Å². The number of ether oxygens (including phenoxy) is 3. The van der Waals surface area contributed by atoms with Gasteiger partial charge < -0.3 is 19.3 Å². The fourth-order valence-electron chi connectivity index (χ4n) is 2.50. The van der Waals surface area contributed by atoms with Crippen molar-refractivity contribution in [3.05, 3.63) is 90.5 Å². The third kappa shape index (κ3) is 5.48. The van der Waals surface area contributed by atoms with Gasteiger partial charge in [0.2, 0.25) is 6.79 Å². The van der Waals surface area contributed by atoms with Crippen molar-refractivity contribution in [3.8, 4) is 28.4 Å². The summed E-state index contributed by atoms with van der Waals surface area (Å²) in [6.07, 6.45) is 0. The van der Waals surface area contributed by atoms with Gasteiger partial charge in [0.1, 0.15) is 17.2 Å². The van der Waals surface area contributed by atoms with Crippen LogP contribution in [0.25, 0.3) is 11.1 Å². The molecule has 152 valence electrons. The largest absolute Gasteiger partial charge is 0.508 e. The number of rotatable bonds is 7. The predicted octanol–water partition coefficient (Wildman–Crippen LogP) is 4.73. The second kappa shape index (κ2) is 9.43. The quantitative estimate of drug-likeness (QED) is 0.265. The summed E-state index contributed by atoms with van der Waals surface area (Å²) >= 11 is 0. The van der Waals surface area contributed by atoms with E-state index in [0.29, 0.717) is 17.1 Å². The average Bonchev–Trinajstić information content (AvgIpc) is 2.75. The van der Waals surface area contributed by atoms with Crippen LogP contribution in [0.5, 0.6) is 17.2 Å². The van der Waals surface area contributed by atoms with Crippen molar-refractivity contribution in [2.75, 3.05) is 6.79 Å². The minimum atomic E-state index is -0.536. The Bertz CT molecular complexity index is 1030. The molecule has 0 radical (unpaired) electrons. The fraction of sp³-hybridized carbons (Fsp3) is 0.0833. The van der Waals surface area contributed by atoms with Gasteiger partial charge in [0.15, 0.2) is 0 Å². The number of hydrogen-bond acceptors (Lipinski definition) is 6. The first-order valence-electron chi connectivity index (χ1n) is 9.09. The molecule has 0 spiro atoms. The zero-order valence-corrected chi connectivity index (χ0v) is 16.3. The molecular formula is C24H20O6. The SMILES string of the molecule is C=C(C)C(=O)OCOc1ccc(C(=O)Oc2ccc(-c3ccc(O)cc3)cc2)cc1. The highest BCUT2D eigenvalue weighted by atomic mass is 16.7. The van der Waals surface area contributed by atoms with Crippen molar-refractivity contribution >= 4 is 11.9 Å². The van der Waals surface area contributed by atoms with Crippen LogP contribution in [0.15, 0.2) is 84.9 Å². The van der Waals surface area contributed by atoms with Crippen molar-refractivity contribution in [1.29, 1.82) is 0 Å². The summed E-state index contributed by atoms with van der Waals surface area (Å²) in [4.78, 5) is 23.6. The maximum atomic E-state index is 12.3. The van der Waals surface area contributed by atoms with Gasteiger partial charge in [-0.1, -0.05) is 30.8 Å². The molecule has 1 N–H and O–H groups in total. The van der Waals surface area contributed by atoms with Crippen LogP contribution in [0.3, 0.4) is 0 Å². The molecule has 6 nitrogen and oxygen atoms in total. The Balaban J connectivity index is 1.56. The molecule has 3 aromatic rings. The lowest BCUT2D eigenvalue weighted by Gasteiger charge is -2.09. The summed E-state index contributed by atoms with van der Waals surface area (Å²) in [5.41, 5.74) is 2.51. The normalized spacial score (nSPS) is 10.2. The molecule has 3 aromatic carbocycles. The Kier molecular flexibility index (Phi) is 6.49. The van der Waals surface area contributed by atoms with Crippen molar-refractivity contribution < 1.29 is 28.9 Å². The van der Waals surface area contributed by atoms with E-state index >= 15 is 0 Å². The molecule has 0 aliphatic carbocycles. The van der Waals surface area contributed by atoms with Gasteiger partial charge in [0.25, 0.3) is 0 Å². The van der Waals surface area contributed by atoms with Crippen molar-refractivity contribution in [2.45, 2.75) is 6.92 Å². The lowest BCUT2D eigenvalue weighted by atomic mass is 10.1. The first-order valence-corrected chi connectivity index (χ1v) is 9.09. The number of carbonyl (C=O) groups is 2. The van der Waals surface area contributed by atoms with E-state index in [-0.39, 0.29) is 18.1 Å². The van der Waals surface area contributed by atoms with Crippen LogP contribution < -0.4 is 9.47 Å². The molecule has 0 aliphatic heterocycles. The first kappa shape index (κ1) is 20.7. The highest BCUT2D eigenvalue weighted by molar-refractivity contribution is 5.91. The van der Waals surface area contributed by atoms with Crippen LogP contribution in [-0.4, -0.2) is 23.8 Å². The zero-order chi connectivity index (χ0) is 21.5. The maximum Gasteiger partial charge on any atom is 0.343 e. The van der Waals surface area contributed by atoms with Crippen LogP contribution in [0.2, 0.25) is 0 Å². The molecule has 0 amide bonds. The summed E-state index contributed by atoms with van der Waals surface area (Å²) in [5, 5.41) is 9.37. The van der Waals surface area contributed by atoms with Gasteiger partial charge in [-0.05, 0) is 66.6 Å². The lowest BCUT2D eigenvalue weighted by molar-refractivity contribution is -0.145. The standard InChI is InChI=1S/C24H20O6/c1-16(2)23(26)29-15-28-21-11-7-19(8-12-21)24(27)30-22-13-5-18(6-14-22)17-3-9-20(25)10-4-17/h3-14,25H,1,15H2,2H3. The van der Waals surface area contributed by atoms with E-state index in [4.69, 9.17) is 14.2 Å². The number of carbonyl (C=O) groups excluding carboxylic acids is 2. The van der Waals surface area contributed by atoms with E-state index in [1.54, 1.807) is 67.6 Å². The molecule has 0 bridgehead atoms. The van der Waals surface area contributed by atoms with Gasteiger partial charge in [-0.15, -0.1) is 0 Å². The molecule has 0 atom stereocenters. The molecule has 0 fully saturated rings. The van der Waals surface area contributed by atoms with Gasteiger partial charge in [-0.2, -0.15) is 0 Å². The van der Waals surface area contributed by atoms with Gasteiger partial charge in [-0.3, -0.25) is 0 Å². The van der Waals surface area contributed by atoms with Gasteiger partial charge >= 0.3 is 11.9 Å². The Morgan fingerprint density at radius 1 is 0.833 bits per heavy atom. The zero-order valence-electron chi connectivity index (χ0n) is 16.3. The van der Waals surface area contributed by atoms with Gasteiger partial charge in [0, 0.05) is 5.57 Å². The number of phenols is 1. The molecule has 0 aromatic heterocycles. The highest BCUT2D eigenvalue weighted by Crippen LogP contribution is 2.24. The molecule has 30 heavy (non-hydrogen) atoms. The molecule has 0 heterocycles. The van der Waals surface area contributed by atoms with E-state index in [2.05, 4.69) is 6.58 Å². The second-order valence-corrected chi connectivity index (χ2v) is 6.46. The Hall–Kier alpha value is -4.06. The molecule has 6 heteroatoms. The maximum absolute atomic E-state index is 12.3. The Morgan fingerprint density at radius 2 is 1.37 bits per heavy atom. The molecular weight excluding hydrogens is 384 g/mol. The lowest BCUT2D eigenvalue weighted by Crippen LogP contribution is -2.11. The monoisotopic (exact) mass is 404 g/mol. The van der Waals surface area contributed by atoms with E-state index in [0.717, 1.165) is 11.1 Å². The first-order chi connectivity index (χ1) is 14.4. The summed E-state index contributed by atoms with van der Waals surface area (Å²) in [6.45, 7) is 4.78. The van der Waals surface area contributed by atoms with E-state index < -0.39 is 11.9 Å². The number of aromatic hydroxyl groups is 1. The summed E-state index contributed by atoms with van der Waals surface area (Å²) in [5.74, 6) is 0.0155. The summed E-state index contributed by atoms with van der Waals surface area (Å²) < 4.78 is 15.5. The Morgan fingerprint density at radius 3 is 1.93 bits per heavy atom. The van der Waals surface area contributed by atoms with Crippen LogP contribution in [0.1, 0.15) is 17.3 Å². The molecule has 3 rings (SSSR count). The number of esters is 2. The van der Waals surface area contributed by atoms with Crippen molar-refractivity contribution in [3.63, 3.8) is 0 Å². The van der Waals surface area contributed by atoms with E-state index in [9.17, 15) is 14.7 Å². The smallest absolute Gasteiger partial charge is 0.343 e. The van der Waals surface area contributed by atoms with E-state index in [1.807, 2.05) is 12.1 Å². The van der Waals surface area contributed by atoms with Crippen molar-refractivity contribution in [1.82, 2.24) is 0 Å². The molecule has 0 unspecified atom stereocenters. The van der Waals surface area contributed by atoms with Crippen LogP contribution in [0.4, 0.5) is 0 Å². The van der Waals surface area contributed by atoms with Gasteiger partial charge in [0.05, 0.1) is 5.56 Å². The van der Waals surface area contributed by atoms with Crippen LogP contribution in [-0.2, 0) is 9.53 Å². The number of hydrogen-bond donors (Lipinski definition) is 1. The molecule has 0 aliphatic rings. The topological polar surface area (TPSA) is 82.1 Å².